The van der Waals surface area contributed by atoms with Crippen molar-refractivity contribution in [2.45, 2.75) is 65.7 Å². The minimum absolute atomic E-state index is 0.294. The number of aliphatic hydroxyl groups is 1. The van der Waals surface area contributed by atoms with Crippen molar-refractivity contribution in [3.63, 3.8) is 0 Å². The number of rotatable bonds is 4. The van der Waals surface area contributed by atoms with Crippen molar-refractivity contribution in [3.8, 4) is 0 Å². The van der Waals surface area contributed by atoms with Crippen LogP contribution in [0.2, 0.25) is 0 Å². The van der Waals surface area contributed by atoms with Crippen LogP contribution in [-0.4, -0.2) is 28.9 Å². The molecule has 0 aromatic heterocycles. The molecule has 2 N–H and O–H groups in total. The maximum absolute atomic E-state index is 11.4. The van der Waals surface area contributed by atoms with E-state index in [4.69, 9.17) is 4.74 Å². The Kier molecular flexibility index (Phi) is 5.79. The Morgan fingerprint density at radius 3 is 2.19 bits per heavy atom. The van der Waals surface area contributed by atoms with Gasteiger partial charge in [-0.3, -0.25) is 0 Å². The van der Waals surface area contributed by atoms with Gasteiger partial charge in [-0.1, -0.05) is 13.8 Å². The molecule has 96 valence electrons. The van der Waals surface area contributed by atoms with E-state index in [1.165, 1.54) is 0 Å². The molecule has 0 fully saturated rings. The number of nitrogens with one attached hydrogen (secondary N) is 1. The second kappa shape index (κ2) is 6.09. The molecule has 4 heteroatoms. The van der Waals surface area contributed by atoms with Crippen LogP contribution in [0.25, 0.3) is 0 Å². The van der Waals surface area contributed by atoms with Crippen molar-refractivity contribution in [2.24, 2.45) is 5.92 Å². The summed E-state index contributed by atoms with van der Waals surface area (Å²) >= 11 is 0. The second-order valence-electron chi connectivity index (χ2n) is 5.63. The van der Waals surface area contributed by atoms with Crippen molar-refractivity contribution in [1.82, 2.24) is 5.32 Å². The predicted octanol–water partition coefficient (Wildman–Crippen LogP) is 2.31. The van der Waals surface area contributed by atoms with Crippen LogP contribution in [0.3, 0.4) is 0 Å². The highest BCUT2D eigenvalue weighted by Gasteiger charge is 2.21. The SMILES string of the molecule is CC(C)CC(O)C(C)NC(=O)OC(C)(C)C. The van der Waals surface area contributed by atoms with Gasteiger partial charge in [-0.2, -0.15) is 0 Å². The Morgan fingerprint density at radius 1 is 1.31 bits per heavy atom. The summed E-state index contributed by atoms with van der Waals surface area (Å²) in [6, 6.07) is -0.294. The quantitative estimate of drug-likeness (QED) is 0.780. The zero-order valence-corrected chi connectivity index (χ0v) is 11.2. The van der Waals surface area contributed by atoms with Gasteiger partial charge in [0.1, 0.15) is 5.60 Å². The smallest absolute Gasteiger partial charge is 0.407 e. The Bertz CT molecular complexity index is 221. The van der Waals surface area contributed by atoms with Gasteiger partial charge in [0, 0.05) is 0 Å². The van der Waals surface area contributed by atoms with Crippen LogP contribution in [-0.2, 0) is 4.74 Å². The molecule has 0 saturated heterocycles. The van der Waals surface area contributed by atoms with Crippen molar-refractivity contribution in [2.75, 3.05) is 0 Å². The van der Waals surface area contributed by atoms with E-state index in [0.29, 0.717) is 12.3 Å². The molecule has 2 atom stereocenters. The lowest BCUT2D eigenvalue weighted by Crippen LogP contribution is -2.44. The van der Waals surface area contributed by atoms with Gasteiger partial charge >= 0.3 is 6.09 Å². The van der Waals surface area contributed by atoms with Gasteiger partial charge in [-0.05, 0) is 40.0 Å². The number of ether oxygens (including phenoxy) is 1. The van der Waals surface area contributed by atoms with E-state index in [1.54, 1.807) is 6.92 Å². The third-order valence-electron chi connectivity index (χ3n) is 2.03. The Morgan fingerprint density at radius 2 is 1.81 bits per heavy atom. The van der Waals surface area contributed by atoms with E-state index in [0.717, 1.165) is 0 Å². The Labute approximate surface area is 98.4 Å². The zero-order chi connectivity index (χ0) is 12.9. The highest BCUT2D eigenvalue weighted by molar-refractivity contribution is 5.68. The Balaban J connectivity index is 4.04. The molecule has 0 aromatic carbocycles. The topological polar surface area (TPSA) is 58.6 Å². The number of aliphatic hydroxyl groups excluding tert-OH is 1. The van der Waals surface area contributed by atoms with Crippen LogP contribution in [0.15, 0.2) is 0 Å². The number of alkyl carbamates (subject to hydrolysis) is 1. The molecule has 2 unspecified atom stereocenters. The molecule has 0 aliphatic heterocycles. The normalized spacial score (nSPS) is 15.8. The van der Waals surface area contributed by atoms with E-state index < -0.39 is 17.8 Å². The third kappa shape index (κ3) is 7.51. The Hall–Kier alpha value is -0.770. The summed E-state index contributed by atoms with van der Waals surface area (Å²) in [5.74, 6) is 0.401. The number of carbonyl (C=O) groups is 1. The van der Waals surface area contributed by atoms with Crippen molar-refractivity contribution in [3.05, 3.63) is 0 Å². The molecular weight excluding hydrogens is 206 g/mol. The summed E-state index contributed by atoms with van der Waals surface area (Å²) in [6.45, 7) is 11.3. The summed E-state index contributed by atoms with van der Waals surface area (Å²) in [4.78, 5) is 11.4. The molecule has 0 saturated carbocycles. The van der Waals surface area contributed by atoms with Crippen LogP contribution in [0.4, 0.5) is 4.79 Å². The third-order valence-corrected chi connectivity index (χ3v) is 2.03. The van der Waals surface area contributed by atoms with E-state index in [9.17, 15) is 9.90 Å². The predicted molar refractivity (Wildman–Crippen MR) is 64.3 cm³/mol. The van der Waals surface area contributed by atoms with Gasteiger partial charge in [0.25, 0.3) is 0 Å². The lowest BCUT2D eigenvalue weighted by Gasteiger charge is -2.25. The lowest BCUT2D eigenvalue weighted by atomic mass is 10.0. The first-order valence-corrected chi connectivity index (χ1v) is 5.79. The largest absolute Gasteiger partial charge is 0.444 e. The molecule has 0 rings (SSSR count). The molecule has 0 aliphatic carbocycles. The molecule has 16 heavy (non-hydrogen) atoms. The minimum atomic E-state index is -0.535. The van der Waals surface area contributed by atoms with Gasteiger partial charge in [-0.15, -0.1) is 0 Å². The molecule has 0 bridgehead atoms. The van der Waals surface area contributed by atoms with Crippen molar-refractivity contribution >= 4 is 6.09 Å². The molecule has 0 radical (unpaired) electrons. The number of amides is 1. The maximum atomic E-state index is 11.4. The fraction of sp³-hybridized carbons (Fsp3) is 0.917. The van der Waals surface area contributed by atoms with Crippen molar-refractivity contribution < 1.29 is 14.6 Å². The fourth-order valence-electron chi connectivity index (χ4n) is 1.28. The highest BCUT2D eigenvalue weighted by Crippen LogP contribution is 2.10. The lowest BCUT2D eigenvalue weighted by molar-refractivity contribution is 0.0416. The van der Waals surface area contributed by atoms with E-state index in [-0.39, 0.29) is 6.04 Å². The molecule has 1 amide bonds. The van der Waals surface area contributed by atoms with E-state index in [2.05, 4.69) is 5.32 Å². The summed E-state index contributed by atoms with van der Waals surface area (Å²) in [6.07, 6.45) is -0.355. The highest BCUT2D eigenvalue weighted by atomic mass is 16.6. The zero-order valence-electron chi connectivity index (χ0n) is 11.2. The average Bonchev–Trinajstić information content (AvgIpc) is 1.98. The minimum Gasteiger partial charge on any atom is -0.444 e. The number of hydrogen-bond acceptors (Lipinski definition) is 3. The van der Waals surface area contributed by atoms with Gasteiger partial charge in [0.2, 0.25) is 0 Å². The van der Waals surface area contributed by atoms with Gasteiger partial charge in [0.15, 0.2) is 0 Å². The van der Waals surface area contributed by atoms with E-state index in [1.807, 2.05) is 34.6 Å². The fourth-order valence-corrected chi connectivity index (χ4v) is 1.28. The molecule has 4 nitrogen and oxygen atoms in total. The molecule has 0 heterocycles. The summed E-state index contributed by atoms with van der Waals surface area (Å²) in [7, 11) is 0. The van der Waals surface area contributed by atoms with Crippen LogP contribution in [0.5, 0.6) is 0 Å². The first kappa shape index (κ1) is 15.2. The molecule has 0 spiro atoms. The summed E-state index contributed by atoms with van der Waals surface area (Å²) in [5, 5.41) is 12.4. The van der Waals surface area contributed by atoms with E-state index >= 15 is 0 Å². The van der Waals surface area contributed by atoms with Crippen LogP contribution < -0.4 is 5.32 Å². The molecule has 0 aromatic rings. The standard InChI is InChI=1S/C12H25NO3/c1-8(2)7-10(14)9(3)13-11(15)16-12(4,5)6/h8-10,14H,7H2,1-6H3,(H,13,15). The molecular formula is C12H25NO3. The molecule has 0 aliphatic rings. The van der Waals surface area contributed by atoms with Crippen LogP contribution >= 0.6 is 0 Å². The number of carbonyl (C=O) groups excluding carboxylic acids is 1. The summed E-state index contributed by atoms with van der Waals surface area (Å²) < 4.78 is 5.10. The van der Waals surface area contributed by atoms with Crippen molar-refractivity contribution in [1.29, 1.82) is 0 Å². The van der Waals surface area contributed by atoms with Crippen LogP contribution in [0, 0.1) is 5.92 Å². The van der Waals surface area contributed by atoms with Gasteiger partial charge in [-0.25, -0.2) is 4.79 Å². The monoisotopic (exact) mass is 231 g/mol. The van der Waals surface area contributed by atoms with Gasteiger partial charge < -0.3 is 15.2 Å². The van der Waals surface area contributed by atoms with Gasteiger partial charge in [0.05, 0.1) is 12.1 Å². The average molecular weight is 231 g/mol. The van der Waals surface area contributed by atoms with Crippen LogP contribution in [0.1, 0.15) is 48.0 Å². The second-order valence-corrected chi connectivity index (χ2v) is 5.63. The first-order chi connectivity index (χ1) is 7.11. The maximum Gasteiger partial charge on any atom is 0.407 e. The number of hydrogen-bond donors (Lipinski definition) is 2. The first-order valence-electron chi connectivity index (χ1n) is 5.79. The summed E-state index contributed by atoms with van der Waals surface area (Å²) in [5.41, 5.74) is -0.507.